The van der Waals surface area contributed by atoms with E-state index in [4.69, 9.17) is 9.84 Å². The van der Waals surface area contributed by atoms with Gasteiger partial charge in [0.2, 0.25) is 5.16 Å². The summed E-state index contributed by atoms with van der Waals surface area (Å²) in [6.07, 6.45) is 1.71. The van der Waals surface area contributed by atoms with Gasteiger partial charge in [-0.25, -0.2) is 0 Å². The molecule has 0 fully saturated rings. The molecule has 7 nitrogen and oxygen atoms in total. The summed E-state index contributed by atoms with van der Waals surface area (Å²) in [6.45, 7) is 4.45. The van der Waals surface area contributed by atoms with Gasteiger partial charge in [-0.3, -0.25) is 9.78 Å². The zero-order valence-corrected chi connectivity index (χ0v) is 20.3. The van der Waals surface area contributed by atoms with Crippen LogP contribution >= 0.6 is 34.4 Å². The van der Waals surface area contributed by atoms with Gasteiger partial charge in [0, 0.05) is 16.4 Å². The van der Waals surface area contributed by atoms with E-state index in [1.54, 1.807) is 22.5 Å². The molecule has 9 heteroatoms. The highest BCUT2D eigenvalue weighted by Gasteiger charge is 2.38. The maximum absolute atomic E-state index is 13.1. The normalized spacial score (nSPS) is 14.5. The van der Waals surface area contributed by atoms with Gasteiger partial charge in [0.1, 0.15) is 0 Å². The molecular formula is C22H24IN4O3S+. The number of rotatable bonds is 7. The molecule has 4 rings (SSSR count). The van der Waals surface area contributed by atoms with Crippen LogP contribution in [0.5, 0.6) is 11.5 Å². The van der Waals surface area contributed by atoms with Crippen molar-refractivity contribution in [3.05, 3.63) is 55.9 Å². The predicted molar refractivity (Wildman–Crippen MR) is 130 cm³/mol. The third-order valence-electron chi connectivity index (χ3n) is 4.99. The Balaban J connectivity index is 1.87. The number of phenolic OH excluding ortho intramolecular Hbond substituents is 1. The molecule has 0 amide bonds. The summed E-state index contributed by atoms with van der Waals surface area (Å²) in [5.41, 5.74) is 2.82. The average molecular weight is 551 g/mol. The maximum Gasteiger partial charge on any atom is 0.325 e. The summed E-state index contributed by atoms with van der Waals surface area (Å²) < 4.78 is 8.05. The van der Waals surface area contributed by atoms with Crippen molar-refractivity contribution < 1.29 is 14.5 Å². The number of hydrogen-bond acceptors (Lipinski definition) is 6. The number of benzene rings is 2. The summed E-state index contributed by atoms with van der Waals surface area (Å²) >= 11 is 3.63. The minimum atomic E-state index is -0.425. The molecular weight excluding hydrogens is 527 g/mol. The van der Waals surface area contributed by atoms with Gasteiger partial charge in [-0.1, -0.05) is 37.2 Å². The van der Waals surface area contributed by atoms with Gasteiger partial charge >= 0.3 is 11.3 Å². The number of aromatic nitrogens is 3. The van der Waals surface area contributed by atoms with Crippen LogP contribution in [-0.4, -0.2) is 27.5 Å². The second-order valence-electron chi connectivity index (χ2n) is 7.13. The second-order valence-corrected chi connectivity index (χ2v) is 9.38. The Bertz CT molecular complexity index is 1170. The summed E-state index contributed by atoms with van der Waals surface area (Å²) in [5.74, 6) is 1.41. The number of fused-ring (bicyclic) bond motifs is 3. The second kappa shape index (κ2) is 9.47. The fourth-order valence-corrected chi connectivity index (χ4v) is 5.07. The van der Waals surface area contributed by atoms with Crippen LogP contribution in [0.2, 0.25) is 0 Å². The Labute approximate surface area is 198 Å². The number of ether oxygens (including phenoxy) is 1. The van der Waals surface area contributed by atoms with E-state index in [0.29, 0.717) is 26.8 Å². The monoisotopic (exact) mass is 551 g/mol. The Hall–Kier alpha value is -2.27. The number of nitrogens with zero attached hydrogens (tertiary/aromatic N) is 2. The molecule has 0 saturated carbocycles. The molecule has 3 N–H and O–H groups in total. The first kappa shape index (κ1) is 21.9. The van der Waals surface area contributed by atoms with Gasteiger partial charge in [-0.05, 0) is 64.9 Å². The summed E-state index contributed by atoms with van der Waals surface area (Å²) in [5, 5.41) is 19.3. The number of hydrogen-bond donors (Lipinski definition) is 3. The van der Waals surface area contributed by atoms with Crippen molar-refractivity contribution >= 4 is 40.0 Å². The van der Waals surface area contributed by atoms with Gasteiger partial charge < -0.3 is 15.2 Å². The first-order chi connectivity index (χ1) is 15.0. The third-order valence-corrected chi connectivity index (χ3v) is 6.76. The lowest BCUT2D eigenvalue weighted by molar-refractivity contribution is -0.759. The molecule has 0 saturated heterocycles. The standard InChI is InChI=1S/C22H23IN4O3S/c1-3-5-10-31-22-25-21(29)18-14-8-6-7-9-16(14)24-20(27(18)26-22)13-11-15(23)19(28)17(12-13)30-4-2/h6-9,11-12,20H,3-5,10H2,1-2H3,(H2,25,26,28,29)/p+1/t20-/m1/s1. The molecule has 2 aromatic carbocycles. The fourth-order valence-electron chi connectivity index (χ4n) is 3.51. The molecule has 3 aromatic rings. The van der Waals surface area contributed by atoms with E-state index < -0.39 is 6.17 Å². The highest BCUT2D eigenvalue weighted by atomic mass is 127. The molecule has 1 atom stereocenters. The Morgan fingerprint density at radius 1 is 1.29 bits per heavy atom. The van der Waals surface area contributed by atoms with Gasteiger partial charge in [-0.2, -0.15) is 0 Å². The van der Waals surface area contributed by atoms with Crippen LogP contribution < -0.4 is 20.3 Å². The van der Waals surface area contributed by atoms with Crippen LogP contribution in [0.3, 0.4) is 0 Å². The van der Waals surface area contributed by atoms with E-state index in [-0.39, 0.29) is 11.3 Å². The topological polar surface area (TPSA) is 91.1 Å². The number of nitrogens with one attached hydrogen (secondary N) is 2. The quantitative estimate of drug-likeness (QED) is 0.176. The van der Waals surface area contributed by atoms with E-state index in [1.807, 2.05) is 37.3 Å². The first-order valence-electron chi connectivity index (χ1n) is 10.2. The van der Waals surface area contributed by atoms with E-state index in [0.717, 1.165) is 35.4 Å². The molecule has 0 aliphatic carbocycles. The Morgan fingerprint density at radius 2 is 2.10 bits per heavy atom. The van der Waals surface area contributed by atoms with E-state index >= 15 is 0 Å². The maximum atomic E-state index is 13.1. The molecule has 31 heavy (non-hydrogen) atoms. The number of phenols is 1. The van der Waals surface area contributed by atoms with Crippen LogP contribution in [-0.2, 0) is 0 Å². The summed E-state index contributed by atoms with van der Waals surface area (Å²) in [4.78, 5) is 16.1. The van der Waals surface area contributed by atoms with Crippen LogP contribution in [0.25, 0.3) is 11.3 Å². The lowest BCUT2D eigenvalue weighted by Gasteiger charge is -2.23. The Kier molecular flexibility index (Phi) is 6.71. The summed E-state index contributed by atoms with van der Waals surface area (Å²) in [7, 11) is 0. The zero-order chi connectivity index (χ0) is 22.0. The van der Waals surface area contributed by atoms with E-state index in [2.05, 4.69) is 39.8 Å². The number of H-pyrrole nitrogens is 1. The molecule has 0 radical (unpaired) electrons. The van der Waals surface area contributed by atoms with Gasteiger partial charge in [0.15, 0.2) is 11.5 Å². The largest absolute Gasteiger partial charge is 0.504 e. The van der Waals surface area contributed by atoms with Crippen LogP contribution in [0.4, 0.5) is 5.69 Å². The molecule has 0 spiro atoms. The SMILES string of the molecule is CCCCSc1n[n+]2c(c(=O)[nH]1)-c1ccccc1N[C@H]2c1cc(I)c(O)c(OCC)c1. The zero-order valence-electron chi connectivity index (χ0n) is 17.3. The van der Waals surface area contributed by atoms with Crippen LogP contribution in [0.1, 0.15) is 38.4 Å². The molecule has 0 unspecified atom stereocenters. The predicted octanol–water partition coefficient (Wildman–Crippen LogP) is 4.30. The summed E-state index contributed by atoms with van der Waals surface area (Å²) in [6, 6.07) is 11.4. The fraction of sp³-hybridized carbons (Fsp3) is 0.318. The average Bonchev–Trinajstić information content (AvgIpc) is 2.76. The number of aromatic amines is 1. The van der Waals surface area contributed by atoms with E-state index in [1.165, 1.54) is 0 Å². The highest BCUT2D eigenvalue weighted by molar-refractivity contribution is 14.1. The first-order valence-corrected chi connectivity index (χ1v) is 12.3. The van der Waals surface area contributed by atoms with Crippen molar-refractivity contribution in [2.45, 2.75) is 38.0 Å². The number of aromatic hydroxyl groups is 1. The molecule has 0 bridgehead atoms. The van der Waals surface area contributed by atoms with Crippen molar-refractivity contribution in [3.63, 3.8) is 0 Å². The molecule has 1 aliphatic heterocycles. The Morgan fingerprint density at radius 3 is 2.87 bits per heavy atom. The smallest absolute Gasteiger partial charge is 0.325 e. The molecule has 1 aliphatic rings. The van der Waals surface area contributed by atoms with Crippen molar-refractivity contribution in [3.8, 4) is 22.8 Å². The molecule has 2 heterocycles. The lowest BCUT2D eigenvalue weighted by Crippen LogP contribution is -2.55. The lowest BCUT2D eigenvalue weighted by atomic mass is 10.0. The molecule has 162 valence electrons. The van der Waals surface area contributed by atoms with Crippen molar-refractivity contribution in [2.24, 2.45) is 0 Å². The van der Waals surface area contributed by atoms with Gasteiger partial charge in [0.05, 0.1) is 21.4 Å². The van der Waals surface area contributed by atoms with E-state index in [9.17, 15) is 9.90 Å². The van der Waals surface area contributed by atoms with Gasteiger partial charge in [-0.15, -0.1) is 0 Å². The molecule has 1 aromatic heterocycles. The van der Waals surface area contributed by atoms with Crippen LogP contribution in [0, 0.1) is 3.57 Å². The number of para-hydroxylation sites is 1. The minimum Gasteiger partial charge on any atom is -0.504 e. The number of unbranched alkanes of at least 4 members (excludes halogenated alkanes) is 1. The number of thioether (sulfide) groups is 1. The number of halogens is 1. The number of anilines is 1. The third kappa shape index (κ3) is 4.38. The van der Waals surface area contributed by atoms with Crippen molar-refractivity contribution in [1.29, 1.82) is 0 Å². The van der Waals surface area contributed by atoms with Crippen molar-refractivity contribution in [2.75, 3.05) is 17.7 Å². The highest BCUT2D eigenvalue weighted by Crippen LogP contribution is 2.37. The minimum absolute atomic E-state index is 0.113. The van der Waals surface area contributed by atoms with Crippen LogP contribution in [0.15, 0.2) is 46.3 Å². The van der Waals surface area contributed by atoms with Crippen molar-refractivity contribution in [1.82, 2.24) is 10.1 Å². The van der Waals surface area contributed by atoms with Gasteiger partial charge in [0.25, 0.3) is 6.17 Å².